The van der Waals surface area contributed by atoms with Gasteiger partial charge in [-0.2, -0.15) is 0 Å². The van der Waals surface area contributed by atoms with Crippen LogP contribution < -0.4 is 5.32 Å². The lowest BCUT2D eigenvalue weighted by molar-refractivity contribution is 0.581. The molecular formula is C10H16N2. The van der Waals surface area contributed by atoms with Crippen molar-refractivity contribution in [2.45, 2.75) is 33.4 Å². The highest BCUT2D eigenvalue weighted by atomic mass is 14.9. The molecule has 0 fully saturated rings. The smallest absolute Gasteiger partial charge is 0.0544 e. The number of aromatic nitrogens is 1. The maximum absolute atomic E-state index is 4.38. The zero-order chi connectivity index (χ0) is 8.97. The van der Waals surface area contributed by atoms with Crippen molar-refractivity contribution in [2.75, 3.05) is 0 Å². The van der Waals surface area contributed by atoms with Gasteiger partial charge in [0.05, 0.1) is 5.69 Å². The molecular weight excluding hydrogens is 148 g/mol. The molecule has 66 valence electrons. The Morgan fingerprint density at radius 3 is 2.75 bits per heavy atom. The van der Waals surface area contributed by atoms with Gasteiger partial charge in [0.1, 0.15) is 0 Å². The highest BCUT2D eigenvalue weighted by Gasteiger charge is 1.95. The van der Waals surface area contributed by atoms with Crippen molar-refractivity contribution < 1.29 is 0 Å². The molecule has 2 nitrogen and oxygen atoms in total. The molecule has 0 bridgehead atoms. The first kappa shape index (κ1) is 9.20. The van der Waals surface area contributed by atoms with E-state index in [1.165, 1.54) is 0 Å². The summed E-state index contributed by atoms with van der Waals surface area (Å²) in [6, 6.07) is 6.62. The number of rotatable bonds is 3. The summed E-state index contributed by atoms with van der Waals surface area (Å²) in [5.74, 6) is 0. The first-order valence-corrected chi connectivity index (χ1v) is 4.34. The molecule has 0 radical (unpaired) electrons. The number of nitrogens with zero attached hydrogens (tertiary/aromatic N) is 1. The largest absolute Gasteiger partial charge is 0.309 e. The monoisotopic (exact) mass is 164 g/mol. The van der Waals surface area contributed by atoms with E-state index in [9.17, 15) is 0 Å². The summed E-state index contributed by atoms with van der Waals surface area (Å²) < 4.78 is 0. The number of pyridine rings is 1. The Morgan fingerprint density at radius 2 is 2.17 bits per heavy atom. The zero-order valence-corrected chi connectivity index (χ0v) is 7.96. The third-order valence-electron chi connectivity index (χ3n) is 1.64. The van der Waals surface area contributed by atoms with Gasteiger partial charge in [0.25, 0.3) is 0 Å². The quantitative estimate of drug-likeness (QED) is 0.738. The van der Waals surface area contributed by atoms with Crippen LogP contribution in [0.3, 0.4) is 0 Å². The van der Waals surface area contributed by atoms with Gasteiger partial charge in [-0.15, -0.1) is 0 Å². The summed E-state index contributed by atoms with van der Waals surface area (Å²) >= 11 is 0. The summed E-state index contributed by atoms with van der Waals surface area (Å²) in [5.41, 5.74) is 2.20. The third-order valence-corrected chi connectivity index (χ3v) is 1.64. The number of nitrogens with one attached hydrogen (secondary N) is 1. The number of hydrogen-bond donors (Lipinski definition) is 1. The first-order chi connectivity index (χ1) is 5.68. The lowest BCUT2D eigenvalue weighted by Gasteiger charge is -2.07. The lowest BCUT2D eigenvalue weighted by atomic mass is 10.3. The van der Waals surface area contributed by atoms with Crippen LogP contribution in [0.15, 0.2) is 18.2 Å². The average Bonchev–Trinajstić information content (AvgIpc) is 2.01. The molecule has 0 spiro atoms. The third kappa shape index (κ3) is 3.01. The van der Waals surface area contributed by atoms with Gasteiger partial charge in [0, 0.05) is 18.3 Å². The average molecular weight is 164 g/mol. The van der Waals surface area contributed by atoms with Crippen molar-refractivity contribution in [1.29, 1.82) is 0 Å². The summed E-state index contributed by atoms with van der Waals surface area (Å²) in [5, 5.41) is 3.33. The molecule has 1 aromatic heterocycles. The van der Waals surface area contributed by atoms with Crippen LogP contribution in [-0.4, -0.2) is 11.0 Å². The minimum atomic E-state index is 0.521. The Bertz CT molecular complexity index is 243. The fourth-order valence-electron chi connectivity index (χ4n) is 1.01. The number of aryl methyl sites for hydroxylation is 1. The molecule has 1 rings (SSSR count). The summed E-state index contributed by atoms with van der Waals surface area (Å²) in [7, 11) is 0. The fraction of sp³-hybridized carbons (Fsp3) is 0.500. The molecule has 0 saturated heterocycles. The summed E-state index contributed by atoms with van der Waals surface area (Å²) in [4.78, 5) is 4.38. The highest BCUT2D eigenvalue weighted by Crippen LogP contribution is 1.97. The molecule has 2 heteroatoms. The van der Waals surface area contributed by atoms with Crippen molar-refractivity contribution in [1.82, 2.24) is 10.3 Å². The van der Waals surface area contributed by atoms with Crippen molar-refractivity contribution in [3.63, 3.8) is 0 Å². The van der Waals surface area contributed by atoms with E-state index in [0.717, 1.165) is 17.9 Å². The minimum Gasteiger partial charge on any atom is -0.309 e. The van der Waals surface area contributed by atoms with Crippen molar-refractivity contribution in [3.8, 4) is 0 Å². The van der Waals surface area contributed by atoms with E-state index in [2.05, 4.69) is 24.1 Å². The zero-order valence-electron chi connectivity index (χ0n) is 7.96. The van der Waals surface area contributed by atoms with Crippen molar-refractivity contribution in [2.24, 2.45) is 0 Å². The normalized spacial score (nSPS) is 10.7. The van der Waals surface area contributed by atoms with E-state index in [4.69, 9.17) is 0 Å². The van der Waals surface area contributed by atoms with Crippen LogP contribution in [0.2, 0.25) is 0 Å². The van der Waals surface area contributed by atoms with E-state index in [-0.39, 0.29) is 0 Å². The molecule has 0 aliphatic heterocycles. The van der Waals surface area contributed by atoms with E-state index in [1.807, 2.05) is 25.1 Å². The standard InChI is InChI=1S/C10H16N2/c1-8(2)11-7-10-6-4-5-9(3)12-10/h4-6,8,11H,7H2,1-3H3. The molecule has 0 atom stereocenters. The molecule has 0 aliphatic carbocycles. The van der Waals surface area contributed by atoms with E-state index >= 15 is 0 Å². The van der Waals surface area contributed by atoms with Crippen LogP contribution in [0, 0.1) is 6.92 Å². The summed E-state index contributed by atoms with van der Waals surface area (Å²) in [6.45, 7) is 7.14. The minimum absolute atomic E-state index is 0.521. The Morgan fingerprint density at radius 1 is 1.42 bits per heavy atom. The van der Waals surface area contributed by atoms with Gasteiger partial charge in [0.15, 0.2) is 0 Å². The Kier molecular flexibility index (Phi) is 3.23. The Balaban J connectivity index is 2.52. The molecule has 1 heterocycles. The second-order valence-electron chi connectivity index (χ2n) is 3.31. The maximum atomic E-state index is 4.38. The molecule has 0 saturated carbocycles. The van der Waals surface area contributed by atoms with Crippen LogP contribution in [-0.2, 0) is 6.54 Å². The van der Waals surface area contributed by atoms with Gasteiger partial charge >= 0.3 is 0 Å². The second-order valence-corrected chi connectivity index (χ2v) is 3.31. The van der Waals surface area contributed by atoms with Gasteiger partial charge in [-0.3, -0.25) is 4.98 Å². The van der Waals surface area contributed by atoms with Crippen LogP contribution >= 0.6 is 0 Å². The SMILES string of the molecule is Cc1cccc(CNC(C)C)n1. The maximum Gasteiger partial charge on any atom is 0.0544 e. The molecule has 12 heavy (non-hydrogen) atoms. The van der Waals surface area contributed by atoms with Crippen LogP contribution in [0.1, 0.15) is 25.2 Å². The van der Waals surface area contributed by atoms with E-state index < -0.39 is 0 Å². The predicted octanol–water partition coefficient (Wildman–Crippen LogP) is 1.89. The Hall–Kier alpha value is -0.890. The molecule has 0 unspecified atom stereocenters. The fourth-order valence-corrected chi connectivity index (χ4v) is 1.01. The van der Waals surface area contributed by atoms with Gasteiger partial charge < -0.3 is 5.32 Å². The first-order valence-electron chi connectivity index (χ1n) is 4.34. The lowest BCUT2D eigenvalue weighted by Crippen LogP contribution is -2.22. The molecule has 0 aromatic carbocycles. The van der Waals surface area contributed by atoms with Crippen molar-refractivity contribution >= 4 is 0 Å². The van der Waals surface area contributed by atoms with Gasteiger partial charge in [-0.05, 0) is 19.1 Å². The second kappa shape index (κ2) is 4.21. The number of hydrogen-bond acceptors (Lipinski definition) is 2. The van der Waals surface area contributed by atoms with Gasteiger partial charge in [0.2, 0.25) is 0 Å². The summed E-state index contributed by atoms with van der Waals surface area (Å²) in [6.07, 6.45) is 0. The van der Waals surface area contributed by atoms with Gasteiger partial charge in [-0.1, -0.05) is 19.9 Å². The topological polar surface area (TPSA) is 24.9 Å². The highest BCUT2D eigenvalue weighted by molar-refractivity contribution is 5.09. The van der Waals surface area contributed by atoms with Crippen LogP contribution in [0.4, 0.5) is 0 Å². The predicted molar refractivity (Wildman–Crippen MR) is 50.9 cm³/mol. The molecule has 0 amide bonds. The molecule has 0 aliphatic rings. The van der Waals surface area contributed by atoms with Crippen LogP contribution in [0.25, 0.3) is 0 Å². The van der Waals surface area contributed by atoms with E-state index in [0.29, 0.717) is 6.04 Å². The van der Waals surface area contributed by atoms with Gasteiger partial charge in [-0.25, -0.2) is 0 Å². The Labute approximate surface area is 74.0 Å². The molecule has 1 N–H and O–H groups in total. The van der Waals surface area contributed by atoms with Crippen LogP contribution in [0.5, 0.6) is 0 Å². The molecule has 1 aromatic rings. The van der Waals surface area contributed by atoms with Crippen molar-refractivity contribution in [3.05, 3.63) is 29.6 Å². The van der Waals surface area contributed by atoms with E-state index in [1.54, 1.807) is 0 Å².